The van der Waals surface area contributed by atoms with Gasteiger partial charge in [-0.1, -0.05) is 18.5 Å². The van der Waals surface area contributed by atoms with Crippen molar-refractivity contribution >= 4 is 17.3 Å². The van der Waals surface area contributed by atoms with Crippen LogP contribution in [0.3, 0.4) is 0 Å². The zero-order valence-corrected chi connectivity index (χ0v) is 11.2. The highest BCUT2D eigenvalue weighted by molar-refractivity contribution is 6.31. The predicted octanol–water partition coefficient (Wildman–Crippen LogP) is 2.50. The average molecular weight is 273 g/mol. The Morgan fingerprint density at radius 1 is 1.56 bits per heavy atom. The fourth-order valence-electron chi connectivity index (χ4n) is 1.38. The molecule has 100 valence electrons. The van der Waals surface area contributed by atoms with Crippen molar-refractivity contribution in [2.45, 2.75) is 32.4 Å². The van der Waals surface area contributed by atoms with Gasteiger partial charge in [-0.25, -0.2) is 0 Å². The SMILES string of the molecule is CCC(C)(O)CNCc1ccc([N+](=O)[O-])cc1Cl. The number of nitro benzene ring substituents is 1. The van der Waals surface area contributed by atoms with Crippen molar-refractivity contribution in [2.24, 2.45) is 0 Å². The number of hydrogen-bond donors (Lipinski definition) is 2. The average Bonchev–Trinajstić information content (AvgIpc) is 2.31. The Bertz CT molecular complexity index is 435. The third kappa shape index (κ3) is 4.25. The number of hydrogen-bond acceptors (Lipinski definition) is 4. The van der Waals surface area contributed by atoms with Crippen molar-refractivity contribution in [2.75, 3.05) is 6.54 Å². The van der Waals surface area contributed by atoms with Gasteiger partial charge < -0.3 is 10.4 Å². The van der Waals surface area contributed by atoms with Crippen molar-refractivity contribution in [1.82, 2.24) is 5.32 Å². The molecule has 0 fully saturated rings. The van der Waals surface area contributed by atoms with E-state index in [4.69, 9.17) is 11.6 Å². The third-order valence-corrected chi connectivity index (χ3v) is 3.18. The lowest BCUT2D eigenvalue weighted by Crippen LogP contribution is -2.36. The zero-order chi connectivity index (χ0) is 13.8. The fourth-order valence-corrected chi connectivity index (χ4v) is 1.63. The Kier molecular flexibility index (Phi) is 5.07. The van der Waals surface area contributed by atoms with Crippen LogP contribution in [0.15, 0.2) is 18.2 Å². The summed E-state index contributed by atoms with van der Waals surface area (Å²) in [5.41, 5.74) is -0.00811. The van der Waals surface area contributed by atoms with Gasteiger partial charge in [0, 0.05) is 25.2 Å². The molecule has 6 heteroatoms. The monoisotopic (exact) mass is 272 g/mol. The normalized spacial score (nSPS) is 14.2. The van der Waals surface area contributed by atoms with E-state index in [0.717, 1.165) is 5.56 Å². The smallest absolute Gasteiger partial charge is 0.270 e. The van der Waals surface area contributed by atoms with E-state index in [1.165, 1.54) is 12.1 Å². The first-order valence-electron chi connectivity index (χ1n) is 5.71. The molecule has 1 atom stereocenters. The van der Waals surface area contributed by atoms with E-state index in [0.29, 0.717) is 24.5 Å². The number of rotatable bonds is 6. The summed E-state index contributed by atoms with van der Waals surface area (Å²) in [6.07, 6.45) is 0.647. The quantitative estimate of drug-likeness (QED) is 0.616. The van der Waals surface area contributed by atoms with E-state index < -0.39 is 10.5 Å². The number of nitrogens with zero attached hydrogens (tertiary/aromatic N) is 1. The maximum Gasteiger partial charge on any atom is 0.270 e. The summed E-state index contributed by atoms with van der Waals surface area (Å²) >= 11 is 5.95. The van der Waals surface area contributed by atoms with Gasteiger partial charge >= 0.3 is 0 Å². The Labute approximate surface area is 111 Å². The molecule has 18 heavy (non-hydrogen) atoms. The molecule has 1 unspecified atom stereocenters. The summed E-state index contributed by atoms with van der Waals surface area (Å²) in [6.45, 7) is 4.56. The number of aliphatic hydroxyl groups is 1. The van der Waals surface area contributed by atoms with Crippen LogP contribution >= 0.6 is 11.6 Å². The van der Waals surface area contributed by atoms with Gasteiger partial charge in [0.2, 0.25) is 0 Å². The number of benzene rings is 1. The predicted molar refractivity (Wildman–Crippen MR) is 70.7 cm³/mol. The van der Waals surface area contributed by atoms with Crippen LogP contribution in [0.4, 0.5) is 5.69 Å². The molecule has 5 nitrogen and oxygen atoms in total. The Morgan fingerprint density at radius 2 is 2.22 bits per heavy atom. The summed E-state index contributed by atoms with van der Waals surface area (Å²) < 4.78 is 0. The minimum absolute atomic E-state index is 0.0238. The minimum Gasteiger partial charge on any atom is -0.389 e. The molecule has 0 aliphatic carbocycles. The van der Waals surface area contributed by atoms with Crippen molar-refractivity contribution in [3.8, 4) is 0 Å². The first-order chi connectivity index (χ1) is 8.35. The van der Waals surface area contributed by atoms with Crippen LogP contribution < -0.4 is 5.32 Å². The second-order valence-corrected chi connectivity index (χ2v) is 4.89. The van der Waals surface area contributed by atoms with Crippen molar-refractivity contribution < 1.29 is 10.0 Å². The first kappa shape index (κ1) is 14.9. The molecule has 2 N–H and O–H groups in total. The molecular weight excluding hydrogens is 256 g/mol. The molecule has 0 saturated heterocycles. The summed E-state index contributed by atoms with van der Waals surface area (Å²) in [5, 5.41) is 23.8. The molecule has 0 amide bonds. The maximum atomic E-state index is 10.5. The molecule has 1 aromatic rings. The van der Waals surface area contributed by atoms with Gasteiger partial charge in [-0.15, -0.1) is 0 Å². The van der Waals surface area contributed by atoms with Crippen LogP contribution in [-0.2, 0) is 6.54 Å². The first-order valence-corrected chi connectivity index (χ1v) is 6.09. The van der Waals surface area contributed by atoms with E-state index in [9.17, 15) is 15.2 Å². The summed E-state index contributed by atoms with van der Waals surface area (Å²) in [6, 6.07) is 4.37. The fraction of sp³-hybridized carbons (Fsp3) is 0.500. The zero-order valence-electron chi connectivity index (χ0n) is 10.4. The number of non-ortho nitro benzene ring substituents is 1. The topological polar surface area (TPSA) is 75.4 Å². The molecule has 0 radical (unpaired) electrons. The second kappa shape index (κ2) is 6.13. The van der Waals surface area contributed by atoms with Crippen LogP contribution in [0.2, 0.25) is 5.02 Å². The van der Waals surface area contributed by atoms with Gasteiger partial charge in [-0.3, -0.25) is 10.1 Å². The van der Waals surface area contributed by atoms with Gasteiger partial charge in [0.1, 0.15) is 0 Å². The molecular formula is C12H17ClN2O3. The second-order valence-electron chi connectivity index (χ2n) is 4.49. The van der Waals surface area contributed by atoms with E-state index in [1.54, 1.807) is 13.0 Å². The van der Waals surface area contributed by atoms with Crippen LogP contribution in [-0.4, -0.2) is 22.2 Å². The third-order valence-electron chi connectivity index (χ3n) is 2.83. The van der Waals surface area contributed by atoms with Crippen molar-refractivity contribution in [3.05, 3.63) is 38.9 Å². The summed E-state index contributed by atoms with van der Waals surface area (Å²) in [5.74, 6) is 0. The summed E-state index contributed by atoms with van der Waals surface area (Å²) in [4.78, 5) is 10.1. The van der Waals surface area contributed by atoms with Crippen LogP contribution in [0.1, 0.15) is 25.8 Å². The van der Waals surface area contributed by atoms with E-state index in [-0.39, 0.29) is 5.69 Å². The van der Waals surface area contributed by atoms with E-state index in [1.807, 2.05) is 6.92 Å². The highest BCUT2D eigenvalue weighted by Crippen LogP contribution is 2.22. The number of nitro groups is 1. The summed E-state index contributed by atoms with van der Waals surface area (Å²) in [7, 11) is 0. The van der Waals surface area contributed by atoms with Gasteiger partial charge in [0.05, 0.1) is 15.5 Å². The van der Waals surface area contributed by atoms with Crippen LogP contribution in [0.5, 0.6) is 0 Å². The molecule has 0 aromatic heterocycles. The molecule has 0 aliphatic heterocycles. The van der Waals surface area contributed by atoms with Gasteiger partial charge in [0.25, 0.3) is 5.69 Å². The molecule has 0 spiro atoms. The molecule has 0 saturated carbocycles. The van der Waals surface area contributed by atoms with Crippen molar-refractivity contribution in [1.29, 1.82) is 0 Å². The van der Waals surface area contributed by atoms with Gasteiger partial charge in [-0.2, -0.15) is 0 Å². The lowest BCUT2D eigenvalue weighted by Gasteiger charge is -2.21. The van der Waals surface area contributed by atoms with Gasteiger partial charge in [-0.05, 0) is 25.0 Å². The highest BCUT2D eigenvalue weighted by atomic mass is 35.5. The number of halogens is 1. The Morgan fingerprint density at radius 3 is 2.72 bits per heavy atom. The molecule has 1 rings (SSSR count). The van der Waals surface area contributed by atoms with E-state index >= 15 is 0 Å². The Balaban J connectivity index is 2.61. The molecule has 1 aromatic carbocycles. The van der Waals surface area contributed by atoms with Crippen LogP contribution in [0.25, 0.3) is 0 Å². The van der Waals surface area contributed by atoms with Crippen molar-refractivity contribution in [3.63, 3.8) is 0 Å². The molecule has 0 aliphatic rings. The maximum absolute atomic E-state index is 10.5. The molecule has 0 heterocycles. The lowest BCUT2D eigenvalue weighted by molar-refractivity contribution is -0.384. The standard InChI is InChI=1S/C12H17ClN2O3/c1-3-12(2,16)8-14-7-9-4-5-10(15(17)18)6-11(9)13/h4-6,14,16H,3,7-8H2,1-2H3. The lowest BCUT2D eigenvalue weighted by atomic mass is 10.0. The van der Waals surface area contributed by atoms with Crippen LogP contribution in [0, 0.1) is 10.1 Å². The van der Waals surface area contributed by atoms with Gasteiger partial charge in [0.15, 0.2) is 0 Å². The highest BCUT2D eigenvalue weighted by Gasteiger charge is 2.17. The largest absolute Gasteiger partial charge is 0.389 e. The Hall–Kier alpha value is -1.17. The minimum atomic E-state index is -0.757. The number of nitrogens with one attached hydrogen (secondary N) is 1. The van der Waals surface area contributed by atoms with E-state index in [2.05, 4.69) is 5.32 Å². The molecule has 0 bridgehead atoms.